The third-order valence-electron chi connectivity index (χ3n) is 6.35. The number of aromatic amines is 1. The largest absolute Gasteiger partial charge is 0.456 e. The summed E-state index contributed by atoms with van der Waals surface area (Å²) in [6.07, 6.45) is -1.56. The third kappa shape index (κ3) is 3.62. The van der Waals surface area contributed by atoms with Gasteiger partial charge in [-0.25, -0.2) is 0 Å². The van der Waals surface area contributed by atoms with Crippen molar-refractivity contribution in [2.24, 2.45) is 0 Å². The molecule has 3 aromatic rings. The number of hydrogen-bond acceptors (Lipinski definition) is 7. The fourth-order valence-corrected chi connectivity index (χ4v) is 4.92. The topological polar surface area (TPSA) is 89.1 Å². The minimum Gasteiger partial charge on any atom is -0.456 e. The second-order valence-corrected chi connectivity index (χ2v) is 8.76. The van der Waals surface area contributed by atoms with Gasteiger partial charge < -0.3 is 33.9 Å². The zero-order valence-electron chi connectivity index (χ0n) is 17.4. The van der Waals surface area contributed by atoms with Gasteiger partial charge in [0.15, 0.2) is 6.10 Å². The van der Waals surface area contributed by atoms with Crippen molar-refractivity contribution >= 4 is 28.3 Å². The maximum absolute atomic E-state index is 9.91. The minimum atomic E-state index is -0.611. The Labute approximate surface area is 190 Å². The molecule has 0 aliphatic carbocycles. The average molecular weight is 458 g/mol. The number of benzene rings is 2. The predicted octanol–water partition coefficient (Wildman–Crippen LogP) is 2.63. The molecule has 1 unspecified atom stereocenters. The van der Waals surface area contributed by atoms with Gasteiger partial charge in [-0.2, -0.15) is 4.98 Å². The van der Waals surface area contributed by atoms with Crippen LogP contribution in [-0.2, 0) is 14.2 Å². The molecule has 32 heavy (non-hydrogen) atoms. The molecule has 4 atom stereocenters. The lowest BCUT2D eigenvalue weighted by atomic mass is 10.0. The van der Waals surface area contributed by atoms with E-state index in [4.69, 9.17) is 30.5 Å². The monoisotopic (exact) mass is 457 g/mol. The van der Waals surface area contributed by atoms with Crippen molar-refractivity contribution in [3.05, 3.63) is 41.4 Å². The first-order valence-corrected chi connectivity index (χ1v) is 11.2. The summed E-state index contributed by atoms with van der Waals surface area (Å²) in [7, 11) is 0. The van der Waals surface area contributed by atoms with Crippen molar-refractivity contribution in [2.45, 2.75) is 24.4 Å². The van der Waals surface area contributed by atoms with E-state index in [2.05, 4.69) is 39.1 Å². The molecule has 0 saturated carbocycles. The van der Waals surface area contributed by atoms with Crippen molar-refractivity contribution in [1.29, 1.82) is 0 Å². The van der Waals surface area contributed by atoms with Gasteiger partial charge in [0, 0.05) is 24.3 Å². The van der Waals surface area contributed by atoms with Crippen LogP contribution in [0.1, 0.15) is 0 Å². The molecular weight excluding hydrogens is 434 g/mol. The summed E-state index contributed by atoms with van der Waals surface area (Å²) >= 11 is 6.61. The van der Waals surface area contributed by atoms with Gasteiger partial charge in [-0.05, 0) is 29.8 Å². The summed E-state index contributed by atoms with van der Waals surface area (Å²) < 4.78 is 22.7. The number of imidazole rings is 1. The van der Waals surface area contributed by atoms with E-state index < -0.39 is 6.10 Å². The molecule has 0 spiro atoms. The van der Waals surface area contributed by atoms with E-state index in [1.165, 1.54) is 5.69 Å². The van der Waals surface area contributed by atoms with Gasteiger partial charge in [0.1, 0.15) is 18.3 Å². The fraction of sp³-hybridized carbons (Fsp3) is 0.435. The van der Waals surface area contributed by atoms with Crippen LogP contribution in [0.3, 0.4) is 0 Å². The van der Waals surface area contributed by atoms with E-state index >= 15 is 0 Å². The van der Waals surface area contributed by atoms with E-state index in [0.29, 0.717) is 17.6 Å². The van der Waals surface area contributed by atoms with Crippen LogP contribution in [0.5, 0.6) is 6.01 Å². The van der Waals surface area contributed by atoms with Crippen LogP contribution in [0.25, 0.3) is 22.2 Å². The molecule has 3 fully saturated rings. The molecule has 8 nitrogen and oxygen atoms in total. The molecule has 0 radical (unpaired) electrons. The quantitative estimate of drug-likeness (QED) is 0.622. The fourth-order valence-electron chi connectivity index (χ4n) is 4.65. The Morgan fingerprint density at radius 1 is 1.06 bits per heavy atom. The van der Waals surface area contributed by atoms with Crippen molar-refractivity contribution in [1.82, 2.24) is 9.97 Å². The molecule has 2 aromatic carbocycles. The highest BCUT2D eigenvalue weighted by molar-refractivity contribution is 6.34. The SMILES string of the molecule is O[C@@H]1CO[C@H]2C1OC[C@H]2Oc1nc2cc(-c3ccc(N4CCOCC4)cc3)c(Cl)cc2[nH]1. The number of ether oxygens (including phenoxy) is 4. The summed E-state index contributed by atoms with van der Waals surface area (Å²) in [5.41, 5.74) is 4.68. The molecule has 6 rings (SSSR count). The molecule has 4 heterocycles. The molecule has 0 bridgehead atoms. The number of aliphatic hydroxyl groups is 1. The van der Waals surface area contributed by atoms with E-state index in [1.807, 2.05) is 12.1 Å². The van der Waals surface area contributed by atoms with E-state index in [0.717, 1.165) is 48.5 Å². The number of fused-ring (bicyclic) bond motifs is 2. The second kappa shape index (κ2) is 8.20. The van der Waals surface area contributed by atoms with Crippen LogP contribution in [-0.4, -0.2) is 79.0 Å². The van der Waals surface area contributed by atoms with Gasteiger partial charge in [0.2, 0.25) is 0 Å². The van der Waals surface area contributed by atoms with Gasteiger partial charge in [-0.3, -0.25) is 0 Å². The maximum Gasteiger partial charge on any atom is 0.295 e. The molecule has 3 saturated heterocycles. The Balaban J connectivity index is 1.23. The Morgan fingerprint density at radius 2 is 1.84 bits per heavy atom. The average Bonchev–Trinajstić information content (AvgIpc) is 3.51. The Bertz CT molecular complexity index is 1110. The number of aliphatic hydroxyl groups excluding tert-OH is 1. The number of H-pyrrole nitrogens is 1. The summed E-state index contributed by atoms with van der Waals surface area (Å²) in [5.74, 6) is 0. The Kier molecular flexibility index (Phi) is 5.20. The first-order chi connectivity index (χ1) is 15.7. The van der Waals surface area contributed by atoms with Gasteiger partial charge in [0.25, 0.3) is 6.01 Å². The highest BCUT2D eigenvalue weighted by atomic mass is 35.5. The molecule has 1 aromatic heterocycles. The highest BCUT2D eigenvalue weighted by Crippen LogP contribution is 2.34. The van der Waals surface area contributed by atoms with Crippen LogP contribution >= 0.6 is 11.6 Å². The van der Waals surface area contributed by atoms with Crippen LogP contribution < -0.4 is 9.64 Å². The first kappa shape index (κ1) is 20.3. The number of anilines is 1. The van der Waals surface area contributed by atoms with Crippen LogP contribution in [0.4, 0.5) is 5.69 Å². The molecule has 3 aliphatic heterocycles. The number of rotatable bonds is 4. The molecular formula is C23H24ClN3O5. The van der Waals surface area contributed by atoms with Crippen molar-refractivity contribution in [2.75, 3.05) is 44.4 Å². The van der Waals surface area contributed by atoms with Gasteiger partial charge >= 0.3 is 0 Å². The number of halogens is 1. The molecule has 2 N–H and O–H groups in total. The van der Waals surface area contributed by atoms with Gasteiger partial charge in [-0.1, -0.05) is 23.7 Å². The lowest BCUT2D eigenvalue weighted by molar-refractivity contribution is 0.00706. The van der Waals surface area contributed by atoms with E-state index in [1.54, 1.807) is 0 Å². The zero-order chi connectivity index (χ0) is 21.7. The highest BCUT2D eigenvalue weighted by Gasteiger charge is 2.48. The summed E-state index contributed by atoms with van der Waals surface area (Å²) in [5, 5.41) is 10.5. The maximum atomic E-state index is 9.91. The Hall–Kier alpha value is -2.36. The van der Waals surface area contributed by atoms with E-state index in [9.17, 15) is 5.11 Å². The van der Waals surface area contributed by atoms with Gasteiger partial charge in [-0.15, -0.1) is 0 Å². The standard InChI is InChI=1S/C23H24ClN3O5/c24-16-10-18-17(25-23(26-18)32-20-12-31-21-19(28)11-30-22(20)21)9-15(16)13-1-3-14(4-2-13)27-5-7-29-8-6-27/h1-4,9-10,19-22,28H,5-8,11-12H2,(H,25,26)/t19-,20-,21?,22-/m1/s1. The van der Waals surface area contributed by atoms with E-state index in [-0.39, 0.29) is 24.9 Å². The van der Waals surface area contributed by atoms with Crippen molar-refractivity contribution < 1.29 is 24.1 Å². The third-order valence-corrected chi connectivity index (χ3v) is 6.66. The molecule has 9 heteroatoms. The molecule has 3 aliphatic rings. The summed E-state index contributed by atoms with van der Waals surface area (Å²) in [4.78, 5) is 10.1. The van der Waals surface area contributed by atoms with Gasteiger partial charge in [0.05, 0.1) is 42.5 Å². The minimum absolute atomic E-state index is 0.263. The zero-order valence-corrected chi connectivity index (χ0v) is 18.1. The molecule has 0 amide bonds. The van der Waals surface area contributed by atoms with Crippen LogP contribution in [0.15, 0.2) is 36.4 Å². The normalized spacial score (nSPS) is 27.8. The number of aromatic nitrogens is 2. The predicted molar refractivity (Wildman–Crippen MR) is 119 cm³/mol. The lowest BCUT2D eigenvalue weighted by Gasteiger charge is -2.29. The van der Waals surface area contributed by atoms with Crippen LogP contribution in [0.2, 0.25) is 5.02 Å². The number of nitrogens with one attached hydrogen (secondary N) is 1. The second-order valence-electron chi connectivity index (χ2n) is 8.36. The number of nitrogens with zero attached hydrogens (tertiary/aromatic N) is 2. The van der Waals surface area contributed by atoms with Crippen LogP contribution in [0, 0.1) is 0 Å². The van der Waals surface area contributed by atoms with Crippen molar-refractivity contribution in [3.8, 4) is 17.1 Å². The number of hydrogen-bond donors (Lipinski definition) is 2. The number of morpholine rings is 1. The Morgan fingerprint density at radius 3 is 2.66 bits per heavy atom. The first-order valence-electron chi connectivity index (χ1n) is 10.9. The smallest absolute Gasteiger partial charge is 0.295 e. The summed E-state index contributed by atoms with van der Waals surface area (Å²) in [6.45, 7) is 3.94. The molecule has 168 valence electrons. The van der Waals surface area contributed by atoms with Crippen molar-refractivity contribution in [3.63, 3.8) is 0 Å². The lowest BCUT2D eigenvalue weighted by Crippen LogP contribution is -2.36. The summed E-state index contributed by atoms with van der Waals surface area (Å²) in [6, 6.07) is 12.6.